The molecule has 0 bridgehead atoms. The number of ether oxygens (including phenoxy) is 1. The fraction of sp³-hybridized carbons (Fsp3) is 0.588. The second kappa shape index (κ2) is 9.69. The maximum absolute atomic E-state index is 12.7. The number of methoxy groups -OCH3 is 1. The molecule has 3 N–H and O–H groups in total. The van der Waals surface area contributed by atoms with Gasteiger partial charge in [-0.2, -0.15) is 18.3 Å². The normalized spacial score (nSPS) is 16.8. The molecule has 3 heterocycles. The Hall–Kier alpha value is -2.96. The van der Waals surface area contributed by atoms with Crippen molar-refractivity contribution in [2.45, 2.75) is 38.2 Å². The topological polar surface area (TPSA) is 114 Å². The van der Waals surface area contributed by atoms with Gasteiger partial charge in [0.05, 0.1) is 6.54 Å². The number of fused-ring (bicyclic) bond motifs is 1. The van der Waals surface area contributed by atoms with Crippen LogP contribution in [-0.2, 0) is 30.5 Å². The SMILES string of the molecule is CN=C(NCCNc1nccc(C(F)(F)F)n1)NC1CCc2nc(COC)nn2C1. The average Bonchev–Trinajstić information content (AvgIpc) is 3.12. The third-order valence-electron chi connectivity index (χ3n) is 4.39. The number of hydrogen-bond donors (Lipinski definition) is 3. The Morgan fingerprint density at radius 1 is 1.33 bits per heavy atom. The molecule has 30 heavy (non-hydrogen) atoms. The highest BCUT2D eigenvalue weighted by molar-refractivity contribution is 5.80. The number of hydrogen-bond acceptors (Lipinski definition) is 7. The fourth-order valence-corrected chi connectivity index (χ4v) is 3.01. The van der Waals surface area contributed by atoms with Gasteiger partial charge in [-0.25, -0.2) is 19.6 Å². The Labute approximate surface area is 171 Å². The summed E-state index contributed by atoms with van der Waals surface area (Å²) in [6.07, 6.45) is -1.76. The van der Waals surface area contributed by atoms with Crippen LogP contribution >= 0.6 is 0 Å². The second-order valence-electron chi connectivity index (χ2n) is 6.63. The smallest absolute Gasteiger partial charge is 0.377 e. The van der Waals surface area contributed by atoms with Crippen molar-refractivity contribution in [2.24, 2.45) is 4.99 Å². The van der Waals surface area contributed by atoms with Gasteiger partial charge in [-0.15, -0.1) is 0 Å². The van der Waals surface area contributed by atoms with Crippen molar-refractivity contribution in [2.75, 3.05) is 32.6 Å². The number of nitrogens with zero attached hydrogens (tertiary/aromatic N) is 6. The molecule has 0 saturated carbocycles. The van der Waals surface area contributed by atoms with Gasteiger partial charge in [0.15, 0.2) is 11.8 Å². The van der Waals surface area contributed by atoms with Crippen LogP contribution in [0.3, 0.4) is 0 Å². The zero-order chi connectivity index (χ0) is 21.6. The minimum atomic E-state index is -4.50. The highest BCUT2D eigenvalue weighted by Gasteiger charge is 2.32. The summed E-state index contributed by atoms with van der Waals surface area (Å²) < 4.78 is 45.0. The van der Waals surface area contributed by atoms with E-state index in [2.05, 4.69) is 41.0 Å². The number of guanidine groups is 1. The second-order valence-corrected chi connectivity index (χ2v) is 6.63. The molecule has 0 radical (unpaired) electrons. The largest absolute Gasteiger partial charge is 0.433 e. The van der Waals surface area contributed by atoms with E-state index < -0.39 is 11.9 Å². The van der Waals surface area contributed by atoms with Crippen LogP contribution in [0, 0.1) is 0 Å². The Morgan fingerprint density at radius 3 is 2.90 bits per heavy atom. The van der Waals surface area contributed by atoms with Crippen molar-refractivity contribution < 1.29 is 17.9 Å². The number of alkyl halides is 3. The first-order valence-corrected chi connectivity index (χ1v) is 9.42. The van der Waals surface area contributed by atoms with Crippen molar-refractivity contribution in [3.05, 3.63) is 29.6 Å². The average molecular weight is 427 g/mol. The number of rotatable bonds is 7. The highest BCUT2D eigenvalue weighted by Crippen LogP contribution is 2.27. The van der Waals surface area contributed by atoms with E-state index in [-0.39, 0.29) is 12.0 Å². The number of aliphatic imine (C=N–C) groups is 1. The maximum Gasteiger partial charge on any atom is 0.433 e. The fourth-order valence-electron chi connectivity index (χ4n) is 3.01. The monoisotopic (exact) mass is 427 g/mol. The van der Waals surface area contributed by atoms with Gasteiger partial charge in [0, 0.05) is 45.9 Å². The molecule has 13 heteroatoms. The number of aromatic nitrogens is 5. The summed E-state index contributed by atoms with van der Waals surface area (Å²) >= 11 is 0. The Kier molecular flexibility index (Phi) is 7.03. The predicted molar refractivity (Wildman–Crippen MR) is 103 cm³/mol. The Morgan fingerprint density at radius 2 is 2.17 bits per heavy atom. The van der Waals surface area contributed by atoms with Crippen molar-refractivity contribution in [3.63, 3.8) is 0 Å². The van der Waals surface area contributed by atoms with Gasteiger partial charge >= 0.3 is 6.18 Å². The molecule has 0 amide bonds. The molecule has 0 aliphatic carbocycles. The van der Waals surface area contributed by atoms with Gasteiger partial charge in [0.1, 0.15) is 18.1 Å². The van der Waals surface area contributed by atoms with E-state index >= 15 is 0 Å². The van der Waals surface area contributed by atoms with E-state index in [1.807, 2.05) is 4.68 Å². The van der Waals surface area contributed by atoms with Crippen LogP contribution in [0.2, 0.25) is 0 Å². The van der Waals surface area contributed by atoms with E-state index in [1.54, 1.807) is 14.2 Å². The lowest BCUT2D eigenvalue weighted by atomic mass is 10.1. The van der Waals surface area contributed by atoms with Crippen LogP contribution in [0.1, 0.15) is 23.8 Å². The molecular formula is C17H24F3N9O. The summed E-state index contributed by atoms with van der Waals surface area (Å²) in [4.78, 5) is 15.9. The van der Waals surface area contributed by atoms with Gasteiger partial charge in [-0.1, -0.05) is 0 Å². The Balaban J connectivity index is 1.44. The Bertz CT molecular complexity index is 868. The minimum absolute atomic E-state index is 0.0765. The van der Waals surface area contributed by atoms with Crippen LogP contribution < -0.4 is 16.0 Å². The maximum atomic E-state index is 12.7. The molecule has 1 aliphatic heterocycles. The zero-order valence-electron chi connectivity index (χ0n) is 16.7. The molecule has 0 spiro atoms. The molecule has 10 nitrogen and oxygen atoms in total. The molecule has 0 fully saturated rings. The van der Waals surface area contributed by atoms with Crippen molar-refractivity contribution >= 4 is 11.9 Å². The first kappa shape index (κ1) is 21.7. The summed E-state index contributed by atoms with van der Waals surface area (Å²) in [5, 5.41) is 13.6. The van der Waals surface area contributed by atoms with Crippen LogP contribution in [0.15, 0.2) is 17.3 Å². The molecular weight excluding hydrogens is 403 g/mol. The van der Waals surface area contributed by atoms with Crippen LogP contribution in [0.5, 0.6) is 0 Å². The highest BCUT2D eigenvalue weighted by atomic mass is 19.4. The van der Waals surface area contributed by atoms with Crippen LogP contribution in [-0.4, -0.2) is 64.0 Å². The lowest BCUT2D eigenvalue weighted by Crippen LogP contribution is -2.48. The standard InChI is InChI=1S/C17H24F3N9O/c1-21-15(23-7-8-24-16-22-6-5-12(26-16)17(18,19)20)25-11-3-4-14-27-13(10-30-2)28-29(14)9-11/h5-6,11H,3-4,7-10H2,1-2H3,(H2,21,23,25)(H,22,24,26). The van der Waals surface area contributed by atoms with E-state index in [0.29, 0.717) is 38.0 Å². The predicted octanol–water partition coefficient (Wildman–Crippen LogP) is 0.825. The zero-order valence-corrected chi connectivity index (χ0v) is 16.7. The van der Waals surface area contributed by atoms with E-state index in [0.717, 1.165) is 30.9 Å². The molecule has 0 saturated heterocycles. The van der Waals surface area contributed by atoms with E-state index in [4.69, 9.17) is 4.74 Å². The first-order valence-electron chi connectivity index (χ1n) is 9.42. The van der Waals surface area contributed by atoms with Crippen LogP contribution in [0.4, 0.5) is 19.1 Å². The summed E-state index contributed by atoms with van der Waals surface area (Å²) in [5.41, 5.74) is -0.983. The molecule has 0 aromatic carbocycles. The molecule has 1 unspecified atom stereocenters. The molecule has 3 rings (SSSR count). The van der Waals surface area contributed by atoms with Gasteiger partial charge in [0.2, 0.25) is 5.95 Å². The lowest BCUT2D eigenvalue weighted by molar-refractivity contribution is -0.141. The molecule has 2 aromatic heterocycles. The molecule has 2 aromatic rings. The first-order chi connectivity index (χ1) is 14.4. The van der Waals surface area contributed by atoms with Crippen molar-refractivity contribution in [3.8, 4) is 0 Å². The van der Waals surface area contributed by atoms with Gasteiger partial charge in [-0.05, 0) is 12.5 Å². The van der Waals surface area contributed by atoms with Crippen molar-refractivity contribution in [1.82, 2.24) is 35.4 Å². The third-order valence-corrected chi connectivity index (χ3v) is 4.39. The number of anilines is 1. The minimum Gasteiger partial charge on any atom is -0.377 e. The summed E-state index contributed by atoms with van der Waals surface area (Å²) in [6, 6.07) is 0.957. The number of aryl methyl sites for hydroxylation is 1. The van der Waals surface area contributed by atoms with Crippen LogP contribution in [0.25, 0.3) is 0 Å². The van der Waals surface area contributed by atoms with E-state index in [9.17, 15) is 13.2 Å². The molecule has 164 valence electrons. The van der Waals surface area contributed by atoms with Gasteiger partial charge < -0.3 is 20.7 Å². The summed E-state index contributed by atoms with van der Waals surface area (Å²) in [7, 11) is 3.26. The van der Waals surface area contributed by atoms with Crippen molar-refractivity contribution in [1.29, 1.82) is 0 Å². The lowest BCUT2D eigenvalue weighted by Gasteiger charge is -2.25. The van der Waals surface area contributed by atoms with Gasteiger partial charge in [0.25, 0.3) is 0 Å². The number of halogens is 3. The summed E-state index contributed by atoms with van der Waals surface area (Å²) in [5.74, 6) is 2.12. The molecule has 1 aliphatic rings. The quantitative estimate of drug-likeness (QED) is 0.338. The van der Waals surface area contributed by atoms with E-state index in [1.165, 1.54) is 0 Å². The molecule has 1 atom stereocenters. The third kappa shape index (κ3) is 5.78. The summed E-state index contributed by atoms with van der Waals surface area (Å²) in [6.45, 7) is 1.77. The number of nitrogens with one attached hydrogen (secondary N) is 3. The van der Waals surface area contributed by atoms with Gasteiger partial charge in [-0.3, -0.25) is 4.99 Å².